The summed E-state index contributed by atoms with van der Waals surface area (Å²) in [6, 6.07) is 2.14. The molecule has 0 unspecified atom stereocenters. The van der Waals surface area contributed by atoms with E-state index in [4.69, 9.17) is 4.74 Å². The van der Waals surface area contributed by atoms with Gasteiger partial charge in [-0.2, -0.15) is 9.64 Å². The summed E-state index contributed by atoms with van der Waals surface area (Å²) < 4.78 is 9.47. The van der Waals surface area contributed by atoms with Crippen LogP contribution in [0.15, 0.2) is 5.38 Å². The van der Waals surface area contributed by atoms with Crippen LogP contribution in [0, 0.1) is 18.3 Å². The van der Waals surface area contributed by atoms with Crippen LogP contribution in [0.25, 0.3) is 0 Å². The third kappa shape index (κ3) is 4.62. The van der Waals surface area contributed by atoms with E-state index in [2.05, 4.69) is 15.8 Å². The predicted octanol–water partition coefficient (Wildman–Crippen LogP) is 2.28. The standard InChI is InChI=1S/C13H19N3O2S/c1-9(2)18-6-5-13(4,8-14)15-12(17)11-7-19-16-10(11)3/h7,9H,5-6H2,1-4H3,(H,15,17)/t13-/m1/s1. The number of ether oxygens (including phenoxy) is 1. The first kappa shape index (κ1) is 15.6. The first-order valence-electron chi connectivity index (χ1n) is 6.14. The zero-order valence-corrected chi connectivity index (χ0v) is 12.5. The Bertz CT molecular complexity index is 478. The minimum atomic E-state index is -0.930. The van der Waals surface area contributed by atoms with Crippen LogP contribution in [-0.4, -0.2) is 28.5 Å². The van der Waals surface area contributed by atoms with Crippen LogP contribution in [0.1, 0.15) is 43.2 Å². The number of aromatic nitrogens is 1. The summed E-state index contributed by atoms with van der Waals surface area (Å²) in [5.74, 6) is -0.264. The maximum atomic E-state index is 12.1. The zero-order valence-electron chi connectivity index (χ0n) is 11.7. The largest absolute Gasteiger partial charge is 0.379 e. The molecule has 1 aromatic heterocycles. The normalized spacial score (nSPS) is 13.9. The lowest BCUT2D eigenvalue weighted by Gasteiger charge is -2.23. The lowest BCUT2D eigenvalue weighted by atomic mass is 10.00. The highest BCUT2D eigenvalue weighted by atomic mass is 32.1. The second kappa shape index (κ2) is 6.64. The van der Waals surface area contributed by atoms with Crippen LogP contribution in [0.4, 0.5) is 0 Å². The molecule has 104 valence electrons. The van der Waals surface area contributed by atoms with Gasteiger partial charge in [0.15, 0.2) is 0 Å². The van der Waals surface area contributed by atoms with Crippen molar-refractivity contribution >= 4 is 17.4 Å². The second-order valence-corrected chi connectivity index (χ2v) is 5.51. The highest BCUT2D eigenvalue weighted by molar-refractivity contribution is 7.03. The van der Waals surface area contributed by atoms with E-state index in [-0.39, 0.29) is 12.0 Å². The average molecular weight is 281 g/mol. The first-order chi connectivity index (χ1) is 8.88. The van der Waals surface area contributed by atoms with Gasteiger partial charge in [0.2, 0.25) is 0 Å². The van der Waals surface area contributed by atoms with Crippen molar-refractivity contribution in [1.82, 2.24) is 9.69 Å². The zero-order chi connectivity index (χ0) is 14.5. The molecule has 0 aliphatic rings. The Labute approximate surface area is 117 Å². The van der Waals surface area contributed by atoms with Crippen molar-refractivity contribution in [2.45, 2.75) is 45.8 Å². The smallest absolute Gasteiger partial charge is 0.255 e. The van der Waals surface area contributed by atoms with Crippen molar-refractivity contribution in [1.29, 1.82) is 5.26 Å². The van der Waals surface area contributed by atoms with E-state index in [0.717, 1.165) is 0 Å². The Morgan fingerprint density at radius 3 is 2.84 bits per heavy atom. The highest BCUT2D eigenvalue weighted by Gasteiger charge is 2.27. The molecule has 0 spiro atoms. The number of aryl methyl sites for hydroxylation is 1. The molecule has 0 saturated heterocycles. The lowest BCUT2D eigenvalue weighted by molar-refractivity contribution is 0.0651. The van der Waals surface area contributed by atoms with E-state index < -0.39 is 5.54 Å². The molecule has 1 N–H and O–H groups in total. The summed E-state index contributed by atoms with van der Waals surface area (Å²) >= 11 is 1.23. The molecule has 6 heteroatoms. The third-order valence-corrected chi connectivity index (χ3v) is 3.40. The van der Waals surface area contributed by atoms with Crippen molar-refractivity contribution in [3.8, 4) is 6.07 Å². The number of rotatable bonds is 6. The molecule has 0 aromatic carbocycles. The van der Waals surface area contributed by atoms with Gasteiger partial charge in [-0.25, -0.2) is 0 Å². The maximum absolute atomic E-state index is 12.1. The first-order valence-corrected chi connectivity index (χ1v) is 6.98. The monoisotopic (exact) mass is 281 g/mol. The van der Waals surface area contributed by atoms with Crippen molar-refractivity contribution < 1.29 is 9.53 Å². The Morgan fingerprint density at radius 2 is 2.37 bits per heavy atom. The molecule has 0 fully saturated rings. The van der Waals surface area contributed by atoms with Crippen LogP contribution in [0.3, 0.4) is 0 Å². The van der Waals surface area contributed by atoms with Crippen LogP contribution < -0.4 is 5.32 Å². The van der Waals surface area contributed by atoms with E-state index in [1.54, 1.807) is 19.2 Å². The molecule has 19 heavy (non-hydrogen) atoms. The topological polar surface area (TPSA) is 75.0 Å². The Balaban J connectivity index is 2.63. The number of nitrogens with one attached hydrogen (secondary N) is 1. The second-order valence-electron chi connectivity index (χ2n) is 4.88. The van der Waals surface area contributed by atoms with E-state index in [0.29, 0.717) is 24.3 Å². The fourth-order valence-electron chi connectivity index (χ4n) is 1.47. The molecule has 5 nitrogen and oxygen atoms in total. The molecular weight excluding hydrogens is 262 g/mol. The molecule has 1 rings (SSSR count). The maximum Gasteiger partial charge on any atom is 0.255 e. The van der Waals surface area contributed by atoms with Gasteiger partial charge in [0.1, 0.15) is 5.54 Å². The van der Waals surface area contributed by atoms with Gasteiger partial charge in [-0.3, -0.25) is 4.79 Å². The Morgan fingerprint density at radius 1 is 1.68 bits per heavy atom. The summed E-state index contributed by atoms with van der Waals surface area (Å²) in [6.45, 7) is 7.77. The summed E-state index contributed by atoms with van der Waals surface area (Å²) in [5, 5.41) is 13.7. The molecule has 0 saturated carbocycles. The number of hydrogen-bond donors (Lipinski definition) is 1. The van der Waals surface area contributed by atoms with E-state index in [1.807, 2.05) is 13.8 Å². The van der Waals surface area contributed by atoms with Gasteiger partial charge in [0.05, 0.1) is 30.0 Å². The fourth-order valence-corrected chi connectivity index (χ4v) is 2.17. The SMILES string of the molecule is Cc1nscc1C(=O)N[C@@](C)(C#N)CCOC(C)C. The molecule has 0 aliphatic carbocycles. The quantitative estimate of drug-likeness (QED) is 0.868. The van der Waals surface area contributed by atoms with Gasteiger partial charge in [0, 0.05) is 11.8 Å². The molecule has 0 radical (unpaired) electrons. The molecule has 0 bridgehead atoms. The number of nitriles is 1. The predicted molar refractivity (Wildman–Crippen MR) is 74.0 cm³/mol. The van der Waals surface area contributed by atoms with E-state index >= 15 is 0 Å². The molecule has 1 heterocycles. The van der Waals surface area contributed by atoms with Gasteiger partial charge in [-0.1, -0.05) is 0 Å². The lowest BCUT2D eigenvalue weighted by Crippen LogP contribution is -2.45. The fraction of sp³-hybridized carbons (Fsp3) is 0.615. The molecule has 1 aromatic rings. The summed E-state index contributed by atoms with van der Waals surface area (Å²) in [7, 11) is 0. The van der Waals surface area contributed by atoms with Crippen LogP contribution in [0.5, 0.6) is 0 Å². The van der Waals surface area contributed by atoms with Gasteiger partial charge in [0.25, 0.3) is 5.91 Å². The molecule has 1 atom stereocenters. The molecule has 0 aliphatic heterocycles. The Hall–Kier alpha value is -1.45. The Kier molecular flexibility index (Phi) is 5.45. The van der Waals surface area contributed by atoms with Crippen LogP contribution in [-0.2, 0) is 4.74 Å². The summed E-state index contributed by atoms with van der Waals surface area (Å²) in [4.78, 5) is 12.1. The number of carbonyl (C=O) groups is 1. The third-order valence-electron chi connectivity index (χ3n) is 2.68. The molecular formula is C13H19N3O2S. The van der Waals surface area contributed by atoms with E-state index in [1.165, 1.54) is 11.5 Å². The van der Waals surface area contributed by atoms with Crippen LogP contribution in [0.2, 0.25) is 0 Å². The van der Waals surface area contributed by atoms with Gasteiger partial charge >= 0.3 is 0 Å². The van der Waals surface area contributed by atoms with Crippen molar-refractivity contribution in [3.63, 3.8) is 0 Å². The number of carbonyl (C=O) groups excluding carboxylic acids is 1. The van der Waals surface area contributed by atoms with Gasteiger partial charge < -0.3 is 10.1 Å². The van der Waals surface area contributed by atoms with Crippen molar-refractivity contribution in [2.24, 2.45) is 0 Å². The summed E-state index contributed by atoms with van der Waals surface area (Å²) in [6.07, 6.45) is 0.561. The van der Waals surface area contributed by atoms with E-state index in [9.17, 15) is 10.1 Å². The van der Waals surface area contributed by atoms with Gasteiger partial charge in [-0.15, -0.1) is 0 Å². The summed E-state index contributed by atoms with van der Waals surface area (Å²) in [5.41, 5.74) is 0.276. The number of amides is 1. The van der Waals surface area contributed by atoms with Crippen molar-refractivity contribution in [2.75, 3.05) is 6.61 Å². The minimum absolute atomic E-state index is 0.113. The van der Waals surface area contributed by atoms with Crippen molar-refractivity contribution in [3.05, 3.63) is 16.6 Å². The average Bonchev–Trinajstić information content (AvgIpc) is 2.75. The minimum Gasteiger partial charge on any atom is -0.379 e. The van der Waals surface area contributed by atoms with Gasteiger partial charge in [-0.05, 0) is 39.2 Å². The van der Waals surface area contributed by atoms with Crippen LogP contribution >= 0.6 is 11.5 Å². The number of nitrogens with zero attached hydrogens (tertiary/aromatic N) is 2. The number of hydrogen-bond acceptors (Lipinski definition) is 5. The molecule has 1 amide bonds. The highest BCUT2D eigenvalue weighted by Crippen LogP contribution is 2.14.